The lowest BCUT2D eigenvalue weighted by molar-refractivity contribution is -0.124. The van der Waals surface area contributed by atoms with Crippen LogP contribution in [0.5, 0.6) is 5.75 Å². The Labute approximate surface area is 148 Å². The summed E-state index contributed by atoms with van der Waals surface area (Å²) >= 11 is 5.69. The molecule has 1 unspecified atom stereocenters. The van der Waals surface area contributed by atoms with Crippen molar-refractivity contribution in [3.05, 3.63) is 29.0 Å². The second-order valence-electron chi connectivity index (χ2n) is 6.54. The van der Waals surface area contributed by atoms with Crippen molar-refractivity contribution < 1.29 is 13.9 Å². The van der Waals surface area contributed by atoms with Crippen molar-refractivity contribution in [3.8, 4) is 5.75 Å². The fourth-order valence-electron chi connectivity index (χ4n) is 2.89. The van der Waals surface area contributed by atoms with Gasteiger partial charge in [0.15, 0.2) is 6.61 Å². The van der Waals surface area contributed by atoms with E-state index in [0.717, 1.165) is 32.5 Å². The van der Waals surface area contributed by atoms with Crippen LogP contribution in [0.2, 0.25) is 5.02 Å². The molecule has 0 bridgehead atoms. The van der Waals surface area contributed by atoms with Crippen LogP contribution in [0.4, 0.5) is 4.39 Å². The SMILES string of the molecule is CCC(C)CN1CCC[C@H](NC(=O)COc2ccc(F)c(Cl)c2)C1. The van der Waals surface area contributed by atoms with Crippen LogP contribution in [-0.2, 0) is 4.79 Å². The Hall–Kier alpha value is -1.33. The average molecular weight is 357 g/mol. The number of piperidine rings is 1. The first-order valence-corrected chi connectivity index (χ1v) is 8.95. The van der Waals surface area contributed by atoms with E-state index in [1.807, 2.05) is 0 Å². The van der Waals surface area contributed by atoms with Crippen molar-refractivity contribution in [2.24, 2.45) is 5.92 Å². The van der Waals surface area contributed by atoms with E-state index in [4.69, 9.17) is 16.3 Å². The number of benzene rings is 1. The lowest BCUT2D eigenvalue weighted by Crippen LogP contribution is -2.49. The quantitative estimate of drug-likeness (QED) is 0.813. The predicted octanol–water partition coefficient (Wildman–Crippen LogP) is 3.48. The smallest absolute Gasteiger partial charge is 0.258 e. The summed E-state index contributed by atoms with van der Waals surface area (Å²) in [6.45, 7) is 7.42. The maximum absolute atomic E-state index is 13.1. The molecule has 0 radical (unpaired) electrons. The van der Waals surface area contributed by atoms with E-state index in [9.17, 15) is 9.18 Å². The molecule has 1 fully saturated rings. The lowest BCUT2D eigenvalue weighted by Gasteiger charge is -2.34. The molecule has 1 aliphatic heterocycles. The van der Waals surface area contributed by atoms with Crippen molar-refractivity contribution in [3.63, 3.8) is 0 Å². The van der Waals surface area contributed by atoms with Gasteiger partial charge in [-0.2, -0.15) is 0 Å². The summed E-state index contributed by atoms with van der Waals surface area (Å²) in [5.41, 5.74) is 0. The zero-order valence-corrected chi connectivity index (χ0v) is 15.1. The molecule has 4 nitrogen and oxygen atoms in total. The largest absolute Gasteiger partial charge is 0.484 e. The Bertz CT molecular complexity index is 556. The number of rotatable bonds is 7. The highest BCUT2D eigenvalue weighted by atomic mass is 35.5. The molecule has 1 aromatic carbocycles. The van der Waals surface area contributed by atoms with Gasteiger partial charge in [-0.15, -0.1) is 0 Å². The number of nitrogens with one attached hydrogen (secondary N) is 1. The molecule has 0 saturated carbocycles. The molecular formula is C18H26ClFN2O2. The first kappa shape index (κ1) is 19.0. The van der Waals surface area contributed by atoms with Gasteiger partial charge in [-0.05, 0) is 37.4 Å². The topological polar surface area (TPSA) is 41.6 Å². The lowest BCUT2D eigenvalue weighted by atomic mass is 10.0. The number of hydrogen-bond acceptors (Lipinski definition) is 3. The monoisotopic (exact) mass is 356 g/mol. The zero-order chi connectivity index (χ0) is 17.5. The molecule has 2 atom stereocenters. The molecule has 134 valence electrons. The Balaban J connectivity index is 1.76. The van der Waals surface area contributed by atoms with Gasteiger partial charge in [-0.25, -0.2) is 4.39 Å². The number of carbonyl (C=O) groups excluding carboxylic acids is 1. The number of hydrogen-bond donors (Lipinski definition) is 1. The van der Waals surface area contributed by atoms with Crippen LogP contribution in [0, 0.1) is 11.7 Å². The molecule has 1 N–H and O–H groups in total. The van der Waals surface area contributed by atoms with Gasteiger partial charge in [-0.3, -0.25) is 4.79 Å². The highest BCUT2D eigenvalue weighted by molar-refractivity contribution is 6.30. The molecular weight excluding hydrogens is 331 g/mol. The molecule has 24 heavy (non-hydrogen) atoms. The first-order valence-electron chi connectivity index (χ1n) is 8.57. The molecule has 1 saturated heterocycles. The van der Waals surface area contributed by atoms with E-state index in [-0.39, 0.29) is 23.6 Å². The number of likely N-dealkylation sites (tertiary alicyclic amines) is 1. The molecule has 0 aromatic heterocycles. The summed E-state index contributed by atoms with van der Waals surface area (Å²) < 4.78 is 18.5. The number of amides is 1. The number of halogens is 2. The molecule has 1 amide bonds. The van der Waals surface area contributed by atoms with Gasteiger partial charge >= 0.3 is 0 Å². The van der Waals surface area contributed by atoms with Crippen molar-refractivity contribution >= 4 is 17.5 Å². The summed E-state index contributed by atoms with van der Waals surface area (Å²) in [5, 5.41) is 3.01. The number of carbonyl (C=O) groups is 1. The van der Waals surface area contributed by atoms with E-state index >= 15 is 0 Å². The fraction of sp³-hybridized carbons (Fsp3) is 0.611. The minimum atomic E-state index is -0.503. The molecule has 0 spiro atoms. The van der Waals surface area contributed by atoms with Gasteiger partial charge in [0.05, 0.1) is 5.02 Å². The van der Waals surface area contributed by atoms with Gasteiger partial charge in [0.25, 0.3) is 5.91 Å². The average Bonchev–Trinajstić information content (AvgIpc) is 2.56. The van der Waals surface area contributed by atoms with E-state index in [1.165, 1.54) is 24.6 Å². The second kappa shape index (κ2) is 9.23. The van der Waals surface area contributed by atoms with Crippen LogP contribution in [0.25, 0.3) is 0 Å². The highest BCUT2D eigenvalue weighted by Gasteiger charge is 2.22. The van der Waals surface area contributed by atoms with Crippen LogP contribution in [-0.4, -0.2) is 43.1 Å². The highest BCUT2D eigenvalue weighted by Crippen LogP contribution is 2.21. The van der Waals surface area contributed by atoms with Gasteiger partial charge in [-0.1, -0.05) is 31.9 Å². The van der Waals surface area contributed by atoms with Gasteiger partial charge in [0, 0.05) is 25.2 Å². The van der Waals surface area contributed by atoms with Gasteiger partial charge < -0.3 is 15.0 Å². The third-order valence-electron chi connectivity index (χ3n) is 4.40. The number of ether oxygens (including phenoxy) is 1. The van der Waals surface area contributed by atoms with Gasteiger partial charge in [0.2, 0.25) is 0 Å². The fourth-order valence-corrected chi connectivity index (χ4v) is 3.06. The Morgan fingerprint density at radius 2 is 2.33 bits per heavy atom. The van der Waals surface area contributed by atoms with Crippen molar-refractivity contribution in [2.45, 2.75) is 39.2 Å². The predicted molar refractivity (Wildman–Crippen MR) is 94.0 cm³/mol. The summed E-state index contributed by atoms with van der Waals surface area (Å²) in [5.74, 6) is 0.396. The van der Waals surface area contributed by atoms with E-state index in [0.29, 0.717) is 11.7 Å². The summed E-state index contributed by atoms with van der Waals surface area (Å²) in [6, 6.07) is 4.22. The minimum absolute atomic E-state index is 0.0131. The molecule has 6 heteroatoms. The van der Waals surface area contributed by atoms with Crippen molar-refractivity contribution in [2.75, 3.05) is 26.2 Å². The molecule has 1 aliphatic rings. The third-order valence-corrected chi connectivity index (χ3v) is 4.69. The minimum Gasteiger partial charge on any atom is -0.484 e. The molecule has 1 heterocycles. The van der Waals surface area contributed by atoms with Crippen molar-refractivity contribution in [1.29, 1.82) is 0 Å². The summed E-state index contributed by atoms with van der Waals surface area (Å²) in [4.78, 5) is 14.5. The standard InChI is InChI=1S/C18H26ClFN2O2/c1-3-13(2)10-22-8-4-5-14(11-22)21-18(23)12-24-15-6-7-17(20)16(19)9-15/h6-7,9,13-14H,3-5,8,10-12H2,1-2H3,(H,21,23)/t13?,14-/m0/s1. The Morgan fingerprint density at radius 1 is 1.54 bits per heavy atom. The maximum atomic E-state index is 13.1. The normalized spacial score (nSPS) is 19.8. The molecule has 2 rings (SSSR count). The van der Waals surface area contributed by atoms with E-state index in [2.05, 4.69) is 24.1 Å². The maximum Gasteiger partial charge on any atom is 0.258 e. The van der Waals surface area contributed by atoms with Crippen LogP contribution in [0.1, 0.15) is 33.1 Å². The third kappa shape index (κ3) is 5.95. The first-order chi connectivity index (χ1) is 11.5. The molecule has 1 aromatic rings. The van der Waals surface area contributed by atoms with Crippen LogP contribution < -0.4 is 10.1 Å². The summed E-state index contributed by atoms with van der Waals surface area (Å²) in [7, 11) is 0. The number of nitrogens with zero attached hydrogens (tertiary/aromatic N) is 1. The van der Waals surface area contributed by atoms with E-state index < -0.39 is 5.82 Å². The van der Waals surface area contributed by atoms with Crippen LogP contribution >= 0.6 is 11.6 Å². The van der Waals surface area contributed by atoms with Crippen LogP contribution in [0.15, 0.2) is 18.2 Å². The molecule has 0 aliphatic carbocycles. The Morgan fingerprint density at radius 3 is 3.04 bits per heavy atom. The van der Waals surface area contributed by atoms with Crippen LogP contribution in [0.3, 0.4) is 0 Å². The zero-order valence-electron chi connectivity index (χ0n) is 14.4. The van der Waals surface area contributed by atoms with Gasteiger partial charge in [0.1, 0.15) is 11.6 Å². The van der Waals surface area contributed by atoms with E-state index in [1.54, 1.807) is 0 Å². The summed E-state index contributed by atoms with van der Waals surface area (Å²) in [6.07, 6.45) is 3.25. The Kier molecular flexibility index (Phi) is 7.31. The van der Waals surface area contributed by atoms with Crippen molar-refractivity contribution in [1.82, 2.24) is 10.2 Å². The second-order valence-corrected chi connectivity index (χ2v) is 6.95.